The zero-order valence-electron chi connectivity index (χ0n) is 12.8. The van der Waals surface area contributed by atoms with Crippen LogP contribution in [0.5, 0.6) is 0 Å². The number of guanidine groups is 1. The molecule has 21 heavy (non-hydrogen) atoms. The molecule has 1 aliphatic rings. The largest absolute Gasteiger partial charge is 0.376 e. The van der Waals surface area contributed by atoms with Crippen LogP contribution in [0, 0.1) is 6.92 Å². The monoisotopic (exact) mass is 353 g/mol. The molecule has 1 aromatic carbocycles. The second-order valence-corrected chi connectivity index (χ2v) is 6.20. The summed E-state index contributed by atoms with van der Waals surface area (Å²) in [5.41, 5.74) is 2.50. The molecule has 5 heteroatoms. The van der Waals surface area contributed by atoms with E-state index < -0.39 is 0 Å². The lowest BCUT2D eigenvalue weighted by molar-refractivity contribution is 0.114. The lowest BCUT2D eigenvalue weighted by atomic mass is 10.1. The third-order valence-electron chi connectivity index (χ3n) is 3.58. The van der Waals surface area contributed by atoms with Crippen LogP contribution in [-0.2, 0) is 11.3 Å². The summed E-state index contributed by atoms with van der Waals surface area (Å²) in [4.78, 5) is 4.66. The van der Waals surface area contributed by atoms with Crippen molar-refractivity contribution in [3.8, 4) is 0 Å². The highest BCUT2D eigenvalue weighted by atomic mass is 79.9. The van der Waals surface area contributed by atoms with E-state index in [4.69, 9.17) is 4.74 Å². The van der Waals surface area contributed by atoms with Gasteiger partial charge in [0, 0.05) is 24.2 Å². The van der Waals surface area contributed by atoms with E-state index in [9.17, 15) is 0 Å². The Bertz CT molecular complexity index is 484. The molecule has 0 radical (unpaired) electrons. The number of nitrogens with one attached hydrogen (secondary N) is 2. The Balaban J connectivity index is 1.92. The fraction of sp³-hybridized carbons (Fsp3) is 0.562. The predicted molar refractivity (Wildman–Crippen MR) is 90.7 cm³/mol. The van der Waals surface area contributed by atoms with Gasteiger partial charge in [-0.15, -0.1) is 0 Å². The summed E-state index contributed by atoms with van der Waals surface area (Å²) in [6, 6.07) is 6.30. The van der Waals surface area contributed by atoms with Crippen LogP contribution in [-0.4, -0.2) is 31.8 Å². The standard InChI is InChI=1S/C16H24BrN3O/c1-3-18-16(20-11-15-5-4-8-21-15)19-10-13-6-7-14(17)9-12(13)2/h6-7,9,15H,3-5,8,10-11H2,1-2H3,(H2,18,19,20). The van der Waals surface area contributed by atoms with Crippen molar-refractivity contribution in [2.45, 2.75) is 39.3 Å². The molecule has 0 aliphatic carbocycles. The number of hydrogen-bond acceptors (Lipinski definition) is 2. The van der Waals surface area contributed by atoms with Crippen LogP contribution < -0.4 is 10.6 Å². The van der Waals surface area contributed by atoms with E-state index in [1.165, 1.54) is 11.1 Å². The number of nitrogens with zero attached hydrogens (tertiary/aromatic N) is 1. The molecule has 4 nitrogen and oxygen atoms in total. The topological polar surface area (TPSA) is 45.7 Å². The molecule has 116 valence electrons. The van der Waals surface area contributed by atoms with Gasteiger partial charge in [-0.25, -0.2) is 4.99 Å². The Morgan fingerprint density at radius 1 is 1.43 bits per heavy atom. The fourth-order valence-electron chi connectivity index (χ4n) is 2.36. The van der Waals surface area contributed by atoms with Gasteiger partial charge in [0.05, 0.1) is 12.6 Å². The summed E-state index contributed by atoms with van der Waals surface area (Å²) < 4.78 is 6.73. The van der Waals surface area contributed by atoms with E-state index >= 15 is 0 Å². The van der Waals surface area contributed by atoms with Gasteiger partial charge in [-0.2, -0.15) is 0 Å². The molecule has 1 unspecified atom stereocenters. The quantitative estimate of drug-likeness (QED) is 0.631. The third kappa shape index (κ3) is 5.32. The smallest absolute Gasteiger partial charge is 0.191 e. The lowest BCUT2D eigenvalue weighted by Crippen LogP contribution is -2.41. The number of rotatable bonds is 5. The maximum atomic E-state index is 5.63. The summed E-state index contributed by atoms with van der Waals surface area (Å²) in [5, 5.41) is 6.65. The van der Waals surface area contributed by atoms with Gasteiger partial charge in [0.2, 0.25) is 0 Å². The first-order valence-electron chi connectivity index (χ1n) is 7.58. The van der Waals surface area contributed by atoms with E-state index in [0.29, 0.717) is 12.6 Å². The van der Waals surface area contributed by atoms with Crippen molar-refractivity contribution in [2.24, 2.45) is 4.99 Å². The summed E-state index contributed by atoms with van der Waals surface area (Å²) >= 11 is 3.49. The van der Waals surface area contributed by atoms with Gasteiger partial charge < -0.3 is 15.4 Å². The fourth-order valence-corrected chi connectivity index (χ4v) is 2.83. The maximum absolute atomic E-state index is 5.63. The van der Waals surface area contributed by atoms with Crippen LogP contribution in [0.1, 0.15) is 30.9 Å². The predicted octanol–water partition coefficient (Wildman–Crippen LogP) is 2.99. The molecular formula is C16H24BrN3O. The van der Waals surface area contributed by atoms with Gasteiger partial charge in [0.15, 0.2) is 5.96 Å². The van der Waals surface area contributed by atoms with Crippen LogP contribution in [0.15, 0.2) is 27.7 Å². The second-order valence-electron chi connectivity index (χ2n) is 5.28. The van der Waals surface area contributed by atoms with Crippen molar-refractivity contribution in [3.05, 3.63) is 33.8 Å². The minimum absolute atomic E-state index is 0.322. The highest BCUT2D eigenvalue weighted by molar-refractivity contribution is 9.10. The van der Waals surface area contributed by atoms with E-state index in [0.717, 1.165) is 43.0 Å². The molecule has 0 spiro atoms. The summed E-state index contributed by atoms with van der Waals surface area (Å²) in [6.07, 6.45) is 2.62. The molecule has 1 aliphatic heterocycles. The van der Waals surface area contributed by atoms with Gasteiger partial charge >= 0.3 is 0 Å². The second kappa shape index (κ2) is 8.39. The summed E-state index contributed by atoms with van der Waals surface area (Å²) in [5.74, 6) is 0.857. The average Bonchev–Trinajstić information content (AvgIpc) is 2.96. The lowest BCUT2D eigenvalue weighted by Gasteiger charge is -2.15. The molecule has 1 saturated heterocycles. The van der Waals surface area contributed by atoms with Crippen molar-refractivity contribution in [1.29, 1.82) is 0 Å². The van der Waals surface area contributed by atoms with Gasteiger partial charge in [-0.05, 0) is 49.9 Å². The Labute approximate surface area is 135 Å². The van der Waals surface area contributed by atoms with Crippen LogP contribution in [0.4, 0.5) is 0 Å². The highest BCUT2D eigenvalue weighted by Gasteiger charge is 2.15. The van der Waals surface area contributed by atoms with Crippen molar-refractivity contribution in [2.75, 3.05) is 19.7 Å². The molecular weight excluding hydrogens is 330 g/mol. The van der Waals surface area contributed by atoms with Crippen LogP contribution >= 0.6 is 15.9 Å². The van der Waals surface area contributed by atoms with Crippen molar-refractivity contribution < 1.29 is 4.74 Å². The van der Waals surface area contributed by atoms with Crippen LogP contribution in [0.2, 0.25) is 0 Å². The molecule has 2 rings (SSSR count). The Morgan fingerprint density at radius 3 is 2.95 bits per heavy atom. The molecule has 1 fully saturated rings. The van der Waals surface area contributed by atoms with Gasteiger partial charge in [-0.3, -0.25) is 0 Å². The number of hydrogen-bond donors (Lipinski definition) is 2. The maximum Gasteiger partial charge on any atom is 0.191 e. The minimum atomic E-state index is 0.322. The van der Waals surface area contributed by atoms with Gasteiger partial charge in [0.25, 0.3) is 0 Å². The normalized spacial score (nSPS) is 18.8. The number of aliphatic imine (C=N–C) groups is 1. The molecule has 1 aromatic rings. The van der Waals surface area contributed by atoms with E-state index in [-0.39, 0.29) is 0 Å². The average molecular weight is 354 g/mol. The zero-order chi connectivity index (χ0) is 15.1. The molecule has 0 saturated carbocycles. The third-order valence-corrected chi connectivity index (χ3v) is 4.07. The first-order valence-corrected chi connectivity index (χ1v) is 8.37. The van der Waals surface area contributed by atoms with Crippen LogP contribution in [0.25, 0.3) is 0 Å². The first-order chi connectivity index (χ1) is 10.2. The van der Waals surface area contributed by atoms with E-state index in [2.05, 4.69) is 63.6 Å². The summed E-state index contributed by atoms with van der Waals surface area (Å²) in [6.45, 7) is 7.44. The number of aryl methyl sites for hydroxylation is 1. The SMILES string of the molecule is CCNC(=NCc1ccc(Br)cc1C)NCC1CCCO1. The molecule has 1 atom stereocenters. The van der Waals surface area contributed by atoms with Crippen molar-refractivity contribution in [3.63, 3.8) is 0 Å². The van der Waals surface area contributed by atoms with Gasteiger partial charge in [-0.1, -0.05) is 22.0 Å². The first kappa shape index (κ1) is 16.3. The summed E-state index contributed by atoms with van der Waals surface area (Å²) in [7, 11) is 0. The Kier molecular flexibility index (Phi) is 6.51. The number of ether oxygens (including phenoxy) is 1. The number of halogens is 1. The molecule has 0 aromatic heterocycles. The molecule has 2 N–H and O–H groups in total. The zero-order valence-corrected chi connectivity index (χ0v) is 14.4. The van der Waals surface area contributed by atoms with Crippen molar-refractivity contribution >= 4 is 21.9 Å². The molecule has 0 bridgehead atoms. The van der Waals surface area contributed by atoms with Gasteiger partial charge in [0.1, 0.15) is 0 Å². The molecule has 1 heterocycles. The Hall–Kier alpha value is -1.07. The number of benzene rings is 1. The van der Waals surface area contributed by atoms with Crippen LogP contribution in [0.3, 0.4) is 0 Å². The van der Waals surface area contributed by atoms with E-state index in [1.807, 2.05) is 0 Å². The minimum Gasteiger partial charge on any atom is -0.376 e. The highest BCUT2D eigenvalue weighted by Crippen LogP contribution is 2.16. The van der Waals surface area contributed by atoms with E-state index in [1.54, 1.807) is 0 Å². The van der Waals surface area contributed by atoms with Crippen molar-refractivity contribution in [1.82, 2.24) is 10.6 Å². The molecule has 0 amide bonds. The Morgan fingerprint density at radius 2 is 2.29 bits per heavy atom.